The first kappa shape index (κ1) is 16.9. The fraction of sp³-hybridized carbons (Fsp3) is 0.533. The highest BCUT2D eigenvalue weighted by atomic mass is 35.5. The molecule has 0 spiro atoms. The summed E-state index contributed by atoms with van der Waals surface area (Å²) in [5.74, 6) is 0.475. The van der Waals surface area contributed by atoms with Gasteiger partial charge in [0.2, 0.25) is 5.91 Å². The number of halogens is 2. The second-order valence-corrected chi connectivity index (χ2v) is 5.53. The van der Waals surface area contributed by atoms with Crippen molar-refractivity contribution >= 4 is 18.3 Å². The van der Waals surface area contributed by atoms with E-state index in [1.165, 1.54) is 25.0 Å². The Morgan fingerprint density at radius 3 is 2.50 bits per heavy atom. The molecule has 1 fully saturated rings. The third kappa shape index (κ3) is 5.47. The van der Waals surface area contributed by atoms with Crippen LogP contribution in [0.25, 0.3) is 0 Å². The van der Waals surface area contributed by atoms with Crippen molar-refractivity contribution in [2.24, 2.45) is 11.7 Å². The molecule has 1 atom stereocenters. The molecule has 1 aromatic rings. The lowest BCUT2D eigenvalue weighted by Gasteiger charge is -2.23. The largest absolute Gasteiger partial charge is 0.338 e. The molecule has 0 radical (unpaired) electrons. The second-order valence-electron chi connectivity index (χ2n) is 5.53. The van der Waals surface area contributed by atoms with E-state index in [1.54, 1.807) is 12.1 Å². The van der Waals surface area contributed by atoms with Crippen molar-refractivity contribution < 1.29 is 9.18 Å². The average Bonchev–Trinajstić information content (AvgIpc) is 3.14. The van der Waals surface area contributed by atoms with Crippen molar-refractivity contribution in [3.05, 3.63) is 35.6 Å². The average molecular weight is 301 g/mol. The summed E-state index contributed by atoms with van der Waals surface area (Å²) in [7, 11) is 0. The lowest BCUT2D eigenvalue weighted by molar-refractivity contribution is -0.132. The summed E-state index contributed by atoms with van der Waals surface area (Å²) in [5, 5.41) is 0. The summed E-state index contributed by atoms with van der Waals surface area (Å²) in [4.78, 5) is 14.0. The van der Waals surface area contributed by atoms with Gasteiger partial charge in [0.15, 0.2) is 0 Å². The van der Waals surface area contributed by atoms with Gasteiger partial charge in [-0.2, -0.15) is 0 Å². The summed E-state index contributed by atoms with van der Waals surface area (Å²) in [6.07, 6.45) is 2.77. The predicted octanol–water partition coefficient (Wildman–Crippen LogP) is 2.72. The first-order valence-corrected chi connectivity index (χ1v) is 6.82. The minimum Gasteiger partial charge on any atom is -0.338 e. The molecule has 20 heavy (non-hydrogen) atoms. The van der Waals surface area contributed by atoms with Crippen molar-refractivity contribution in [2.75, 3.05) is 6.54 Å². The molecular weight excluding hydrogens is 279 g/mol. The molecule has 2 N–H and O–H groups in total. The van der Waals surface area contributed by atoms with Crippen LogP contribution in [0.4, 0.5) is 4.39 Å². The van der Waals surface area contributed by atoms with E-state index in [-0.39, 0.29) is 30.2 Å². The van der Waals surface area contributed by atoms with Gasteiger partial charge in [0.05, 0.1) is 0 Å². The monoisotopic (exact) mass is 300 g/mol. The number of nitrogens with zero attached hydrogens (tertiary/aromatic N) is 1. The summed E-state index contributed by atoms with van der Waals surface area (Å²) >= 11 is 0. The van der Waals surface area contributed by atoms with Crippen LogP contribution in [0.3, 0.4) is 0 Å². The minimum atomic E-state index is -0.251. The molecule has 1 unspecified atom stereocenters. The third-order valence-electron chi connectivity index (χ3n) is 3.31. The topological polar surface area (TPSA) is 46.3 Å². The number of benzene rings is 1. The maximum Gasteiger partial charge on any atom is 0.224 e. The molecular formula is C15H22ClFN2O. The Hall–Kier alpha value is -1.13. The van der Waals surface area contributed by atoms with Crippen LogP contribution in [0.2, 0.25) is 0 Å². The van der Waals surface area contributed by atoms with Crippen LogP contribution in [0.5, 0.6) is 0 Å². The van der Waals surface area contributed by atoms with E-state index in [0.717, 1.165) is 12.1 Å². The Labute approximate surface area is 125 Å². The third-order valence-corrected chi connectivity index (χ3v) is 3.31. The second kappa shape index (κ2) is 7.60. The molecule has 3 nitrogen and oxygen atoms in total. The van der Waals surface area contributed by atoms with Crippen molar-refractivity contribution in [2.45, 2.75) is 38.8 Å². The molecule has 112 valence electrons. The molecule has 1 aromatic carbocycles. The zero-order valence-electron chi connectivity index (χ0n) is 11.7. The van der Waals surface area contributed by atoms with Crippen LogP contribution >= 0.6 is 12.4 Å². The highest BCUT2D eigenvalue weighted by Crippen LogP contribution is 2.30. The smallest absolute Gasteiger partial charge is 0.224 e. The Morgan fingerprint density at radius 1 is 1.40 bits per heavy atom. The highest BCUT2D eigenvalue weighted by Gasteiger charge is 2.27. The van der Waals surface area contributed by atoms with Gasteiger partial charge in [-0.05, 0) is 43.4 Å². The van der Waals surface area contributed by atoms with Crippen LogP contribution in [-0.2, 0) is 11.3 Å². The fourth-order valence-corrected chi connectivity index (χ4v) is 2.08. The van der Waals surface area contributed by atoms with Crippen LogP contribution in [0, 0.1) is 11.7 Å². The standard InChI is InChI=1S/C15H21FN2O.ClH/c1-11(17)8-15(19)18(9-12-2-3-12)10-13-4-6-14(16)7-5-13;/h4-7,11-12H,2-3,8-10,17H2,1H3;1H. The van der Waals surface area contributed by atoms with Gasteiger partial charge in [-0.3, -0.25) is 4.79 Å². The zero-order valence-corrected chi connectivity index (χ0v) is 12.5. The van der Waals surface area contributed by atoms with E-state index in [0.29, 0.717) is 18.9 Å². The van der Waals surface area contributed by atoms with Gasteiger partial charge in [0, 0.05) is 25.6 Å². The maximum absolute atomic E-state index is 12.9. The fourth-order valence-electron chi connectivity index (χ4n) is 2.08. The molecule has 5 heteroatoms. The Bertz CT molecular complexity index is 432. The Balaban J connectivity index is 0.00000200. The summed E-state index contributed by atoms with van der Waals surface area (Å²) in [6, 6.07) is 6.20. The van der Waals surface area contributed by atoms with Crippen LogP contribution < -0.4 is 5.73 Å². The highest BCUT2D eigenvalue weighted by molar-refractivity contribution is 5.85. The molecule has 0 aromatic heterocycles. The molecule has 0 heterocycles. The number of nitrogens with two attached hydrogens (primary N) is 1. The number of carbonyl (C=O) groups is 1. The molecule has 2 rings (SSSR count). The molecule has 1 amide bonds. The summed E-state index contributed by atoms with van der Waals surface area (Å²) < 4.78 is 12.9. The predicted molar refractivity (Wildman–Crippen MR) is 80.1 cm³/mol. The number of rotatable bonds is 6. The number of amides is 1. The van der Waals surface area contributed by atoms with E-state index in [9.17, 15) is 9.18 Å². The van der Waals surface area contributed by atoms with Crippen LogP contribution in [0.15, 0.2) is 24.3 Å². The molecule has 1 aliphatic rings. The SMILES string of the molecule is CC(N)CC(=O)N(Cc1ccc(F)cc1)CC1CC1.Cl. The number of carbonyl (C=O) groups excluding carboxylic acids is 1. The minimum absolute atomic E-state index is 0. The summed E-state index contributed by atoms with van der Waals surface area (Å²) in [5.41, 5.74) is 6.65. The molecule has 1 aliphatic carbocycles. The van der Waals surface area contributed by atoms with E-state index >= 15 is 0 Å². The molecule has 0 saturated heterocycles. The van der Waals surface area contributed by atoms with Crippen molar-refractivity contribution in [1.29, 1.82) is 0 Å². The van der Waals surface area contributed by atoms with E-state index < -0.39 is 0 Å². The number of hydrogen-bond acceptors (Lipinski definition) is 2. The zero-order chi connectivity index (χ0) is 13.8. The van der Waals surface area contributed by atoms with E-state index in [1.807, 2.05) is 11.8 Å². The maximum atomic E-state index is 12.9. The van der Waals surface area contributed by atoms with Crippen molar-refractivity contribution in [1.82, 2.24) is 4.90 Å². The van der Waals surface area contributed by atoms with Gasteiger partial charge in [-0.1, -0.05) is 12.1 Å². The Morgan fingerprint density at radius 2 is 2.00 bits per heavy atom. The summed E-state index contributed by atoms with van der Waals surface area (Å²) in [6.45, 7) is 3.18. The van der Waals surface area contributed by atoms with Crippen LogP contribution in [0.1, 0.15) is 31.7 Å². The van der Waals surface area contributed by atoms with Gasteiger partial charge in [0.25, 0.3) is 0 Å². The molecule has 0 bridgehead atoms. The quantitative estimate of drug-likeness (QED) is 0.878. The first-order valence-electron chi connectivity index (χ1n) is 6.82. The lowest BCUT2D eigenvalue weighted by atomic mass is 10.1. The molecule has 1 saturated carbocycles. The van der Waals surface area contributed by atoms with Gasteiger partial charge in [0.1, 0.15) is 5.82 Å². The van der Waals surface area contributed by atoms with Crippen molar-refractivity contribution in [3.8, 4) is 0 Å². The Kier molecular flexibility index (Phi) is 6.43. The first-order chi connectivity index (χ1) is 9.04. The van der Waals surface area contributed by atoms with Crippen LogP contribution in [-0.4, -0.2) is 23.4 Å². The van der Waals surface area contributed by atoms with Crippen molar-refractivity contribution in [3.63, 3.8) is 0 Å². The lowest BCUT2D eigenvalue weighted by Crippen LogP contribution is -2.35. The van der Waals surface area contributed by atoms with Gasteiger partial charge in [-0.25, -0.2) is 4.39 Å². The van der Waals surface area contributed by atoms with E-state index in [4.69, 9.17) is 5.73 Å². The van der Waals surface area contributed by atoms with E-state index in [2.05, 4.69) is 0 Å². The normalized spacial score (nSPS) is 15.3. The van der Waals surface area contributed by atoms with Gasteiger partial charge < -0.3 is 10.6 Å². The van der Waals surface area contributed by atoms with Gasteiger partial charge in [-0.15, -0.1) is 12.4 Å². The number of hydrogen-bond donors (Lipinski definition) is 1. The van der Waals surface area contributed by atoms with Gasteiger partial charge >= 0.3 is 0 Å². The molecule has 0 aliphatic heterocycles.